The number of anilines is 1. The summed E-state index contributed by atoms with van der Waals surface area (Å²) in [5, 5.41) is 45.5. The third-order valence-corrected chi connectivity index (χ3v) is 4.84. The fraction of sp³-hybridized carbons (Fsp3) is 0.600. The molecule has 0 radical (unpaired) electrons. The van der Waals surface area contributed by atoms with Crippen LogP contribution in [0.15, 0.2) is 10.5 Å². The van der Waals surface area contributed by atoms with Gasteiger partial charge < -0.3 is 40.9 Å². The second kappa shape index (κ2) is 9.50. The van der Waals surface area contributed by atoms with Crippen LogP contribution < -0.4 is 11.1 Å². The number of aliphatic hydroxyl groups is 2. The van der Waals surface area contributed by atoms with E-state index in [1.807, 2.05) is 0 Å². The maximum absolute atomic E-state index is 12.7. The number of oxime groups is 1. The first-order chi connectivity index (χ1) is 13.5. The van der Waals surface area contributed by atoms with Crippen molar-refractivity contribution in [1.29, 1.82) is 0 Å². The van der Waals surface area contributed by atoms with Gasteiger partial charge in [0, 0.05) is 5.38 Å². The van der Waals surface area contributed by atoms with E-state index in [1.54, 1.807) is 0 Å². The summed E-state index contributed by atoms with van der Waals surface area (Å²) in [4.78, 5) is 32.6. The van der Waals surface area contributed by atoms with Crippen molar-refractivity contribution in [3.8, 4) is 0 Å². The first kappa shape index (κ1) is 23.0. The molecule has 2 rings (SSSR count). The molecule has 1 aromatic rings. The molecule has 0 saturated carbocycles. The number of aromatic nitrogens is 1. The van der Waals surface area contributed by atoms with Crippen LogP contribution in [0.2, 0.25) is 0 Å². The van der Waals surface area contributed by atoms with Crippen molar-refractivity contribution in [2.45, 2.75) is 57.0 Å². The Morgan fingerprint density at radius 1 is 1.52 bits per heavy atom. The molecule has 1 saturated heterocycles. The van der Waals surface area contributed by atoms with Gasteiger partial charge in [-0.1, -0.05) is 5.16 Å². The maximum Gasteiger partial charge on any atom is 0.478 e. The van der Waals surface area contributed by atoms with Gasteiger partial charge in [0.05, 0.1) is 18.5 Å². The normalized spacial score (nSPS) is 20.6. The van der Waals surface area contributed by atoms with Crippen molar-refractivity contribution in [2.75, 3.05) is 5.73 Å². The minimum atomic E-state index is -1.87. The summed E-state index contributed by atoms with van der Waals surface area (Å²) in [6.45, 7) is 2.71. The van der Waals surface area contributed by atoms with Crippen LogP contribution in [0.5, 0.6) is 0 Å². The monoisotopic (exact) mass is 430 g/mol. The molecule has 1 aromatic heterocycles. The first-order valence-electron chi connectivity index (χ1n) is 8.69. The molecular formula is C15H23BN4O8S. The molecule has 0 aromatic carbocycles. The Labute approximate surface area is 170 Å². The molecule has 14 heteroatoms. The van der Waals surface area contributed by atoms with Gasteiger partial charge in [0.1, 0.15) is 5.69 Å². The number of hydrogen-bond acceptors (Lipinski definition) is 11. The number of carbonyl (C=O) groups is 2. The molecule has 0 unspecified atom stereocenters. The number of thiazole rings is 1. The molecule has 12 nitrogen and oxygen atoms in total. The van der Waals surface area contributed by atoms with E-state index in [4.69, 9.17) is 20.3 Å². The lowest BCUT2D eigenvalue weighted by Crippen LogP contribution is -2.54. The second-order valence-corrected chi connectivity index (χ2v) is 7.87. The lowest BCUT2D eigenvalue weighted by Gasteiger charge is -2.31. The summed E-state index contributed by atoms with van der Waals surface area (Å²) < 4.78 is 5.24. The summed E-state index contributed by atoms with van der Waals surface area (Å²) in [6.07, 6.45) is -2.17. The lowest BCUT2D eigenvalue weighted by atomic mass is 9.72. The van der Waals surface area contributed by atoms with E-state index < -0.39 is 42.9 Å². The summed E-state index contributed by atoms with van der Waals surface area (Å²) >= 11 is 1.06. The van der Waals surface area contributed by atoms with Crippen LogP contribution in [0.4, 0.5) is 5.13 Å². The minimum Gasteiger partial charge on any atom is -0.481 e. The Morgan fingerprint density at radius 3 is 2.72 bits per heavy atom. The molecule has 1 amide bonds. The molecule has 2 atom stereocenters. The quantitative estimate of drug-likeness (QED) is 0.125. The number of nitrogens with zero attached hydrogens (tertiary/aromatic N) is 2. The van der Waals surface area contributed by atoms with E-state index in [0.29, 0.717) is 6.42 Å². The first-order valence-corrected chi connectivity index (χ1v) is 9.57. The van der Waals surface area contributed by atoms with Crippen molar-refractivity contribution in [2.24, 2.45) is 5.16 Å². The van der Waals surface area contributed by atoms with Gasteiger partial charge >= 0.3 is 13.1 Å². The molecule has 0 bridgehead atoms. The maximum atomic E-state index is 12.7. The van der Waals surface area contributed by atoms with Crippen LogP contribution in [0, 0.1) is 0 Å². The standard InChI is InChI=1S/C15H23BN4O8S/c1-15(2,13(24)25)28-20-11(8-6-29-14(17)18-8)12(23)19-9-4-3-7(5-10(21)22)27-16(9)26/h6-7,9,13,24-26H,3-5H2,1-2H3,(H2,17,18)(H,19,23)(H,21,22)/b20-11-/t7-,9-/m0/s1. The Bertz CT molecular complexity index is 771. The number of aliphatic carboxylic acids is 1. The highest BCUT2D eigenvalue weighted by molar-refractivity contribution is 7.13. The van der Waals surface area contributed by atoms with Gasteiger partial charge in [0.25, 0.3) is 5.91 Å². The molecule has 1 aliphatic rings. The van der Waals surface area contributed by atoms with Gasteiger partial charge in [-0.05, 0) is 26.7 Å². The van der Waals surface area contributed by atoms with Gasteiger partial charge in [-0.3, -0.25) is 9.59 Å². The number of carbonyl (C=O) groups excluding carboxylic acids is 1. The summed E-state index contributed by atoms with van der Waals surface area (Å²) in [5.41, 5.74) is 3.91. The molecular weight excluding hydrogens is 407 g/mol. The van der Waals surface area contributed by atoms with E-state index >= 15 is 0 Å². The number of amides is 1. The summed E-state index contributed by atoms with van der Waals surface area (Å²) in [6, 6.07) is 0. The van der Waals surface area contributed by atoms with E-state index in [1.165, 1.54) is 19.2 Å². The third-order valence-electron chi connectivity index (χ3n) is 4.17. The zero-order valence-electron chi connectivity index (χ0n) is 15.8. The Balaban J connectivity index is 2.13. The Hall–Kier alpha value is -2.26. The average Bonchev–Trinajstić information content (AvgIpc) is 3.03. The molecule has 7 N–H and O–H groups in total. The molecule has 2 heterocycles. The predicted molar refractivity (Wildman–Crippen MR) is 103 cm³/mol. The van der Waals surface area contributed by atoms with Crippen molar-refractivity contribution in [1.82, 2.24) is 10.3 Å². The van der Waals surface area contributed by atoms with Gasteiger partial charge in [-0.2, -0.15) is 0 Å². The number of hydrogen-bond donors (Lipinski definition) is 6. The summed E-state index contributed by atoms with van der Waals surface area (Å²) in [7, 11) is -1.41. The van der Waals surface area contributed by atoms with Crippen LogP contribution in [0.25, 0.3) is 0 Å². The highest BCUT2D eigenvalue weighted by Gasteiger charge is 2.38. The highest BCUT2D eigenvalue weighted by Crippen LogP contribution is 2.20. The van der Waals surface area contributed by atoms with Crippen LogP contribution in [0.3, 0.4) is 0 Å². The zero-order chi connectivity index (χ0) is 21.8. The SMILES string of the molecule is CC(C)(O/N=C(\C(=O)N[C@H]1CC[C@@H](CC(=O)O)OB1O)c1csc(N)n1)C(O)O. The number of carboxylic acid groups (broad SMARTS) is 1. The summed E-state index contributed by atoms with van der Waals surface area (Å²) in [5.74, 6) is -2.63. The van der Waals surface area contributed by atoms with Gasteiger partial charge in [0.2, 0.25) is 0 Å². The number of nitrogen functional groups attached to an aromatic ring is 1. The third kappa shape index (κ3) is 6.37. The van der Waals surface area contributed by atoms with Crippen LogP contribution in [-0.4, -0.2) is 74.0 Å². The van der Waals surface area contributed by atoms with Gasteiger partial charge in [-0.25, -0.2) is 4.98 Å². The fourth-order valence-corrected chi connectivity index (χ4v) is 2.95. The van der Waals surface area contributed by atoms with E-state index in [-0.39, 0.29) is 29.4 Å². The van der Waals surface area contributed by atoms with E-state index in [2.05, 4.69) is 15.5 Å². The van der Waals surface area contributed by atoms with Gasteiger partial charge in [0.15, 0.2) is 22.7 Å². The molecule has 0 spiro atoms. The largest absolute Gasteiger partial charge is 0.481 e. The van der Waals surface area contributed by atoms with Crippen LogP contribution in [-0.2, 0) is 19.1 Å². The lowest BCUT2D eigenvalue weighted by molar-refractivity contribution is -0.192. The molecule has 1 fully saturated rings. The van der Waals surface area contributed by atoms with Gasteiger partial charge in [-0.15, -0.1) is 11.3 Å². The average molecular weight is 430 g/mol. The number of nitrogens with one attached hydrogen (secondary N) is 1. The topological polar surface area (TPSA) is 197 Å². The molecule has 0 aliphatic carbocycles. The smallest absolute Gasteiger partial charge is 0.478 e. The van der Waals surface area contributed by atoms with Crippen molar-refractivity contribution >= 4 is 41.2 Å². The van der Waals surface area contributed by atoms with Crippen molar-refractivity contribution in [3.63, 3.8) is 0 Å². The zero-order valence-corrected chi connectivity index (χ0v) is 16.6. The predicted octanol–water partition coefficient (Wildman–Crippen LogP) is -1.31. The fourth-order valence-electron chi connectivity index (χ4n) is 2.40. The Morgan fingerprint density at radius 2 is 2.21 bits per heavy atom. The number of rotatable bonds is 8. The molecule has 1 aliphatic heterocycles. The Kier molecular flexibility index (Phi) is 7.54. The van der Waals surface area contributed by atoms with E-state index in [9.17, 15) is 24.8 Å². The van der Waals surface area contributed by atoms with Crippen LogP contribution in [0.1, 0.15) is 38.8 Å². The minimum absolute atomic E-state index is 0.100. The van der Waals surface area contributed by atoms with Crippen molar-refractivity contribution in [3.05, 3.63) is 11.1 Å². The number of carboxylic acids is 1. The number of nitrogens with two attached hydrogens (primary N) is 1. The van der Waals surface area contributed by atoms with Crippen molar-refractivity contribution < 1.29 is 39.4 Å². The molecule has 29 heavy (non-hydrogen) atoms. The second-order valence-electron chi connectivity index (χ2n) is 6.98. The highest BCUT2D eigenvalue weighted by atomic mass is 32.1. The van der Waals surface area contributed by atoms with Crippen LogP contribution >= 0.6 is 11.3 Å². The molecule has 160 valence electrons. The number of aliphatic hydroxyl groups excluding tert-OH is 1. The van der Waals surface area contributed by atoms with E-state index in [0.717, 1.165) is 11.3 Å².